The van der Waals surface area contributed by atoms with Gasteiger partial charge < -0.3 is 10.1 Å². The van der Waals surface area contributed by atoms with E-state index in [1.165, 1.54) is 0 Å². The van der Waals surface area contributed by atoms with Gasteiger partial charge in [0.15, 0.2) is 0 Å². The van der Waals surface area contributed by atoms with E-state index in [1.807, 2.05) is 37.3 Å². The van der Waals surface area contributed by atoms with Crippen LogP contribution in [0.1, 0.15) is 46.8 Å². The average molecular weight is 465 g/mol. The quantitative estimate of drug-likeness (QED) is 0.546. The smallest absolute Gasteiger partial charge is 0.255 e. The summed E-state index contributed by atoms with van der Waals surface area (Å²) in [4.78, 5) is 12.8. The van der Waals surface area contributed by atoms with Crippen molar-refractivity contribution in [3.8, 4) is 5.75 Å². The van der Waals surface area contributed by atoms with Crippen molar-refractivity contribution in [1.82, 2.24) is 4.31 Å². The second kappa shape index (κ2) is 9.77. The Balaban J connectivity index is 1.52. The van der Waals surface area contributed by atoms with Gasteiger partial charge in [0.25, 0.3) is 5.91 Å². The molecule has 1 heterocycles. The van der Waals surface area contributed by atoms with Gasteiger partial charge in [-0.2, -0.15) is 4.31 Å². The number of hydrogen-bond acceptors (Lipinski definition) is 4. The number of carbonyl (C=O) groups is 1. The Bertz CT molecular complexity index is 1220. The van der Waals surface area contributed by atoms with E-state index in [4.69, 9.17) is 4.74 Å². The lowest BCUT2D eigenvalue weighted by atomic mass is 9.98. The Morgan fingerprint density at radius 1 is 1.00 bits per heavy atom. The SMILES string of the molecule is COc1ccc(C(=O)Nc2ccc(S(=O)(=O)N3CCCCC3c3ccccc3)cc2)cc1C. The molecule has 0 bridgehead atoms. The van der Waals surface area contributed by atoms with E-state index in [0.29, 0.717) is 23.5 Å². The summed E-state index contributed by atoms with van der Waals surface area (Å²) in [5.74, 6) is 0.448. The number of ether oxygens (including phenoxy) is 1. The Morgan fingerprint density at radius 2 is 1.73 bits per heavy atom. The molecule has 3 aromatic carbocycles. The van der Waals surface area contributed by atoms with Gasteiger partial charge in [0.1, 0.15) is 5.75 Å². The van der Waals surface area contributed by atoms with Crippen LogP contribution in [0, 0.1) is 6.92 Å². The van der Waals surface area contributed by atoms with Gasteiger partial charge in [-0.1, -0.05) is 36.8 Å². The number of nitrogens with zero attached hydrogens (tertiary/aromatic N) is 1. The highest BCUT2D eigenvalue weighted by Crippen LogP contribution is 2.35. The first-order chi connectivity index (χ1) is 15.9. The predicted octanol–water partition coefficient (Wildman–Crippen LogP) is 5.17. The van der Waals surface area contributed by atoms with Crippen molar-refractivity contribution in [2.45, 2.75) is 37.1 Å². The normalized spacial score (nSPS) is 16.8. The zero-order valence-corrected chi connectivity index (χ0v) is 19.6. The van der Waals surface area contributed by atoms with Crippen molar-refractivity contribution >= 4 is 21.6 Å². The van der Waals surface area contributed by atoms with Crippen molar-refractivity contribution in [2.24, 2.45) is 0 Å². The zero-order valence-electron chi connectivity index (χ0n) is 18.8. The molecule has 172 valence electrons. The zero-order chi connectivity index (χ0) is 23.4. The third-order valence-electron chi connectivity index (χ3n) is 6.01. The fraction of sp³-hybridized carbons (Fsp3) is 0.269. The van der Waals surface area contributed by atoms with Crippen molar-refractivity contribution in [2.75, 3.05) is 19.0 Å². The van der Waals surface area contributed by atoms with Crippen LogP contribution >= 0.6 is 0 Å². The van der Waals surface area contributed by atoms with E-state index < -0.39 is 10.0 Å². The van der Waals surface area contributed by atoms with Crippen LogP contribution in [-0.4, -0.2) is 32.3 Å². The van der Waals surface area contributed by atoms with Gasteiger partial charge in [-0.15, -0.1) is 0 Å². The number of anilines is 1. The molecule has 1 amide bonds. The van der Waals surface area contributed by atoms with Crippen LogP contribution in [0.3, 0.4) is 0 Å². The molecular formula is C26H28N2O4S. The molecule has 1 N–H and O–H groups in total. The summed E-state index contributed by atoms with van der Waals surface area (Å²) < 4.78 is 33.7. The van der Waals surface area contributed by atoms with Gasteiger partial charge in [0.2, 0.25) is 10.0 Å². The molecule has 1 atom stereocenters. The number of hydrogen-bond donors (Lipinski definition) is 1. The van der Waals surface area contributed by atoms with Gasteiger partial charge in [0.05, 0.1) is 18.0 Å². The molecule has 3 aromatic rings. The molecule has 0 radical (unpaired) electrons. The van der Waals surface area contributed by atoms with E-state index in [0.717, 1.165) is 30.4 Å². The number of aryl methyl sites for hydroxylation is 1. The Hall–Kier alpha value is -3.16. The number of methoxy groups -OCH3 is 1. The number of amides is 1. The highest BCUT2D eigenvalue weighted by atomic mass is 32.2. The molecule has 1 unspecified atom stereocenters. The average Bonchev–Trinajstić information content (AvgIpc) is 2.85. The van der Waals surface area contributed by atoms with E-state index in [-0.39, 0.29) is 16.8 Å². The van der Waals surface area contributed by atoms with E-state index in [9.17, 15) is 13.2 Å². The summed E-state index contributed by atoms with van der Waals surface area (Å²) in [6.45, 7) is 2.37. The molecular weight excluding hydrogens is 436 g/mol. The summed E-state index contributed by atoms with van der Waals surface area (Å²) in [6.07, 6.45) is 2.65. The largest absolute Gasteiger partial charge is 0.496 e. The minimum Gasteiger partial charge on any atom is -0.496 e. The number of sulfonamides is 1. The highest BCUT2D eigenvalue weighted by Gasteiger charge is 2.34. The molecule has 1 fully saturated rings. The van der Waals surface area contributed by atoms with Crippen molar-refractivity contribution < 1.29 is 17.9 Å². The first-order valence-corrected chi connectivity index (χ1v) is 12.5. The van der Waals surface area contributed by atoms with Crippen LogP contribution in [0.4, 0.5) is 5.69 Å². The fourth-order valence-corrected chi connectivity index (χ4v) is 5.95. The Labute approximate surface area is 195 Å². The molecule has 4 rings (SSSR count). The third-order valence-corrected chi connectivity index (χ3v) is 7.94. The van der Waals surface area contributed by atoms with Crippen LogP contribution in [-0.2, 0) is 10.0 Å². The summed E-state index contributed by atoms with van der Waals surface area (Å²) in [5.41, 5.74) is 2.91. The minimum absolute atomic E-state index is 0.164. The first-order valence-electron chi connectivity index (χ1n) is 11.0. The lowest BCUT2D eigenvalue weighted by molar-refractivity contribution is 0.102. The summed E-state index contributed by atoms with van der Waals surface area (Å²) in [7, 11) is -2.08. The van der Waals surface area contributed by atoms with Crippen molar-refractivity contribution in [3.05, 3.63) is 89.5 Å². The van der Waals surface area contributed by atoms with Crippen LogP contribution < -0.4 is 10.1 Å². The van der Waals surface area contributed by atoms with Crippen molar-refractivity contribution in [1.29, 1.82) is 0 Å². The maximum Gasteiger partial charge on any atom is 0.255 e. The second-order valence-corrected chi connectivity index (χ2v) is 10.1. The summed E-state index contributed by atoms with van der Waals surface area (Å²) >= 11 is 0. The maximum absolute atomic E-state index is 13.5. The number of rotatable bonds is 6. The molecule has 6 nitrogen and oxygen atoms in total. The Kier molecular flexibility index (Phi) is 6.81. The number of carbonyl (C=O) groups excluding carboxylic acids is 1. The Morgan fingerprint density at radius 3 is 2.39 bits per heavy atom. The van der Waals surface area contributed by atoms with Gasteiger partial charge in [-0.25, -0.2) is 8.42 Å². The fourth-order valence-electron chi connectivity index (χ4n) is 4.27. The second-order valence-electron chi connectivity index (χ2n) is 8.20. The molecule has 0 aliphatic carbocycles. The topological polar surface area (TPSA) is 75.7 Å². The van der Waals surface area contributed by atoms with E-state index in [2.05, 4.69) is 5.32 Å². The minimum atomic E-state index is -3.66. The standard InChI is InChI=1S/C26H28N2O4S/c1-19-18-21(11-16-25(19)32-2)26(29)27-22-12-14-23(15-13-22)33(30,31)28-17-7-6-10-24(28)20-8-4-3-5-9-20/h3-5,8-9,11-16,18,24H,6-7,10,17H2,1-2H3,(H,27,29). The predicted molar refractivity (Wildman–Crippen MR) is 129 cm³/mol. The molecule has 1 saturated heterocycles. The summed E-state index contributed by atoms with van der Waals surface area (Å²) in [5, 5.41) is 2.83. The van der Waals surface area contributed by atoms with Crippen LogP contribution in [0.2, 0.25) is 0 Å². The summed E-state index contributed by atoms with van der Waals surface area (Å²) in [6, 6.07) is 21.2. The lowest BCUT2D eigenvalue weighted by Gasteiger charge is -2.35. The number of piperidine rings is 1. The van der Waals surface area contributed by atoms with Gasteiger partial charge in [-0.3, -0.25) is 4.79 Å². The van der Waals surface area contributed by atoms with Crippen LogP contribution in [0.25, 0.3) is 0 Å². The molecule has 0 saturated carbocycles. The highest BCUT2D eigenvalue weighted by molar-refractivity contribution is 7.89. The molecule has 33 heavy (non-hydrogen) atoms. The maximum atomic E-state index is 13.5. The van der Waals surface area contributed by atoms with Crippen LogP contribution in [0.15, 0.2) is 77.7 Å². The molecule has 1 aliphatic rings. The first kappa shape index (κ1) is 23.0. The van der Waals surface area contributed by atoms with Gasteiger partial charge in [-0.05, 0) is 73.4 Å². The number of nitrogens with one attached hydrogen (secondary N) is 1. The monoisotopic (exact) mass is 464 g/mol. The van der Waals surface area contributed by atoms with E-state index >= 15 is 0 Å². The lowest BCUT2D eigenvalue weighted by Crippen LogP contribution is -2.38. The number of benzene rings is 3. The molecule has 0 spiro atoms. The van der Waals surface area contributed by atoms with Gasteiger partial charge in [0, 0.05) is 17.8 Å². The van der Waals surface area contributed by atoms with Crippen molar-refractivity contribution in [3.63, 3.8) is 0 Å². The van der Waals surface area contributed by atoms with Gasteiger partial charge >= 0.3 is 0 Å². The van der Waals surface area contributed by atoms with E-state index in [1.54, 1.807) is 53.9 Å². The van der Waals surface area contributed by atoms with Crippen LogP contribution in [0.5, 0.6) is 5.75 Å². The molecule has 0 aromatic heterocycles. The third kappa shape index (κ3) is 4.94. The molecule has 7 heteroatoms. The molecule has 1 aliphatic heterocycles.